The van der Waals surface area contributed by atoms with Gasteiger partial charge in [-0.3, -0.25) is 14.9 Å². The third-order valence-corrected chi connectivity index (χ3v) is 4.78. The van der Waals surface area contributed by atoms with Crippen LogP contribution in [0.15, 0.2) is 47.4 Å². The van der Waals surface area contributed by atoms with E-state index in [9.17, 15) is 19.3 Å². The van der Waals surface area contributed by atoms with E-state index < -0.39 is 4.92 Å². The zero-order valence-corrected chi connectivity index (χ0v) is 12.8. The maximum atomic E-state index is 13.5. The Bertz CT molecular complexity index is 764. The topological polar surface area (TPSA) is 72.2 Å². The van der Waals surface area contributed by atoms with Crippen molar-refractivity contribution in [3.8, 4) is 0 Å². The van der Waals surface area contributed by atoms with E-state index in [2.05, 4.69) is 5.32 Å². The second-order valence-corrected chi connectivity index (χ2v) is 6.29. The highest BCUT2D eigenvalue weighted by molar-refractivity contribution is 7.99. The van der Waals surface area contributed by atoms with Crippen LogP contribution in [-0.4, -0.2) is 16.6 Å². The van der Waals surface area contributed by atoms with Crippen LogP contribution in [0.2, 0.25) is 0 Å². The number of non-ortho nitro benzene ring substituents is 1. The Morgan fingerprint density at radius 3 is 2.70 bits per heavy atom. The van der Waals surface area contributed by atoms with Crippen LogP contribution in [0.3, 0.4) is 0 Å². The Balaban J connectivity index is 1.79. The first-order valence-electron chi connectivity index (χ1n) is 7.02. The fourth-order valence-electron chi connectivity index (χ4n) is 2.49. The quantitative estimate of drug-likeness (QED) is 0.687. The van der Waals surface area contributed by atoms with Crippen LogP contribution in [0.4, 0.5) is 10.1 Å². The number of nitro benzene ring substituents is 1. The molecule has 0 unspecified atom stereocenters. The molecule has 7 heteroatoms. The molecule has 2 aromatic rings. The molecule has 23 heavy (non-hydrogen) atoms. The van der Waals surface area contributed by atoms with Crippen LogP contribution in [0.1, 0.15) is 28.4 Å². The molecule has 3 rings (SSSR count). The molecule has 0 bridgehead atoms. The average molecular weight is 332 g/mol. The van der Waals surface area contributed by atoms with Gasteiger partial charge < -0.3 is 5.32 Å². The summed E-state index contributed by atoms with van der Waals surface area (Å²) >= 11 is 1.64. The summed E-state index contributed by atoms with van der Waals surface area (Å²) in [7, 11) is 0. The Kier molecular flexibility index (Phi) is 4.29. The van der Waals surface area contributed by atoms with Crippen molar-refractivity contribution in [3.05, 3.63) is 69.5 Å². The molecule has 0 saturated heterocycles. The maximum Gasteiger partial charge on any atom is 0.269 e. The van der Waals surface area contributed by atoms with Gasteiger partial charge in [-0.25, -0.2) is 4.39 Å². The molecule has 0 fully saturated rings. The highest BCUT2D eigenvalue weighted by Crippen LogP contribution is 2.36. The maximum absolute atomic E-state index is 13.5. The highest BCUT2D eigenvalue weighted by atomic mass is 32.2. The second-order valence-electron chi connectivity index (χ2n) is 5.15. The molecule has 5 nitrogen and oxygen atoms in total. The lowest BCUT2D eigenvalue weighted by Gasteiger charge is -2.26. The van der Waals surface area contributed by atoms with E-state index >= 15 is 0 Å². The zero-order valence-electron chi connectivity index (χ0n) is 12.0. The molecule has 0 saturated carbocycles. The van der Waals surface area contributed by atoms with Crippen molar-refractivity contribution < 1.29 is 14.1 Å². The minimum Gasteiger partial charge on any atom is -0.345 e. The van der Waals surface area contributed by atoms with Gasteiger partial charge in [0.1, 0.15) is 5.82 Å². The van der Waals surface area contributed by atoms with Crippen LogP contribution < -0.4 is 5.32 Å². The highest BCUT2D eigenvalue weighted by Gasteiger charge is 2.23. The van der Waals surface area contributed by atoms with Crippen LogP contribution in [0.25, 0.3) is 0 Å². The van der Waals surface area contributed by atoms with Crippen LogP contribution in [0.5, 0.6) is 0 Å². The summed E-state index contributed by atoms with van der Waals surface area (Å²) in [5, 5.41) is 13.5. The number of nitrogens with one attached hydrogen (secondary N) is 1. The number of hydrogen-bond donors (Lipinski definition) is 1. The average Bonchev–Trinajstić information content (AvgIpc) is 2.55. The summed E-state index contributed by atoms with van der Waals surface area (Å²) in [6.07, 6.45) is 0.708. The van der Waals surface area contributed by atoms with Crippen molar-refractivity contribution in [1.29, 1.82) is 0 Å². The van der Waals surface area contributed by atoms with Gasteiger partial charge in [0.2, 0.25) is 0 Å². The van der Waals surface area contributed by atoms with Gasteiger partial charge in [0, 0.05) is 28.3 Å². The zero-order chi connectivity index (χ0) is 16.4. The molecule has 1 N–H and O–H groups in total. The van der Waals surface area contributed by atoms with Gasteiger partial charge >= 0.3 is 0 Å². The fraction of sp³-hybridized carbons (Fsp3) is 0.188. The lowest BCUT2D eigenvalue weighted by atomic mass is 10.0. The number of thioether (sulfide) groups is 1. The number of carbonyl (C=O) groups is 1. The molecule has 2 aromatic carbocycles. The smallest absolute Gasteiger partial charge is 0.269 e. The number of benzene rings is 2. The molecule has 0 radical (unpaired) electrons. The normalized spacial score (nSPS) is 16.5. The molecule has 1 amide bonds. The summed E-state index contributed by atoms with van der Waals surface area (Å²) in [5.74, 6) is 0.178. The molecular formula is C16H13FN2O3S. The van der Waals surface area contributed by atoms with Crippen molar-refractivity contribution >= 4 is 23.4 Å². The van der Waals surface area contributed by atoms with E-state index in [0.717, 1.165) is 16.2 Å². The van der Waals surface area contributed by atoms with Gasteiger partial charge in [-0.2, -0.15) is 0 Å². The number of amides is 1. The van der Waals surface area contributed by atoms with E-state index in [0.29, 0.717) is 12.0 Å². The van der Waals surface area contributed by atoms with Gasteiger partial charge in [-0.1, -0.05) is 0 Å². The molecule has 118 valence electrons. The van der Waals surface area contributed by atoms with Crippen LogP contribution in [0, 0.1) is 15.9 Å². The number of hydrogen-bond acceptors (Lipinski definition) is 4. The number of fused-ring (bicyclic) bond motifs is 1. The SMILES string of the molecule is O=C(N[C@H]1CCSc2ccc(F)cc21)c1ccc([N+](=O)[O-])cc1. The number of carbonyl (C=O) groups excluding carboxylic acids is 1. The third kappa shape index (κ3) is 3.34. The second kappa shape index (κ2) is 6.37. The molecule has 0 aliphatic carbocycles. The number of nitrogens with zero attached hydrogens (tertiary/aromatic N) is 1. The van der Waals surface area contributed by atoms with E-state index in [1.54, 1.807) is 17.8 Å². The van der Waals surface area contributed by atoms with Gasteiger partial charge in [-0.05, 0) is 42.3 Å². The van der Waals surface area contributed by atoms with Crippen molar-refractivity contribution in [2.45, 2.75) is 17.4 Å². The molecule has 0 aromatic heterocycles. The predicted octanol–water partition coefficient (Wildman–Crippen LogP) is 3.70. The molecule has 1 aliphatic heterocycles. The Morgan fingerprint density at radius 2 is 2.00 bits per heavy atom. The standard InChI is InChI=1S/C16H13FN2O3S/c17-11-3-6-15-13(9-11)14(7-8-23-15)18-16(20)10-1-4-12(5-2-10)19(21)22/h1-6,9,14H,7-8H2,(H,18,20)/t14-/m0/s1. The molecular weight excluding hydrogens is 319 g/mol. The summed E-state index contributed by atoms with van der Waals surface area (Å²) in [5.41, 5.74) is 1.05. The van der Waals surface area contributed by atoms with E-state index in [1.807, 2.05) is 0 Å². The first kappa shape index (κ1) is 15.5. The monoisotopic (exact) mass is 332 g/mol. The molecule has 0 spiro atoms. The summed E-state index contributed by atoms with van der Waals surface area (Å²) in [4.78, 5) is 23.4. The Labute approximate surface area is 136 Å². The van der Waals surface area contributed by atoms with Gasteiger partial charge in [0.25, 0.3) is 11.6 Å². The van der Waals surface area contributed by atoms with Gasteiger partial charge in [-0.15, -0.1) is 11.8 Å². The van der Waals surface area contributed by atoms with Crippen molar-refractivity contribution in [3.63, 3.8) is 0 Å². The third-order valence-electron chi connectivity index (χ3n) is 3.66. The Hall–Kier alpha value is -2.41. The Morgan fingerprint density at radius 1 is 1.26 bits per heavy atom. The summed E-state index contributed by atoms with van der Waals surface area (Å²) in [6.45, 7) is 0. The lowest BCUT2D eigenvalue weighted by Crippen LogP contribution is -2.30. The first-order chi connectivity index (χ1) is 11.0. The van der Waals surface area contributed by atoms with Crippen molar-refractivity contribution in [1.82, 2.24) is 5.32 Å². The molecule has 1 heterocycles. The summed E-state index contributed by atoms with van der Waals surface area (Å²) < 4.78 is 13.5. The number of nitro groups is 1. The van der Waals surface area contributed by atoms with Crippen LogP contribution in [-0.2, 0) is 0 Å². The largest absolute Gasteiger partial charge is 0.345 e. The van der Waals surface area contributed by atoms with Crippen LogP contribution >= 0.6 is 11.8 Å². The number of halogens is 1. The predicted molar refractivity (Wildman–Crippen MR) is 85.0 cm³/mol. The van der Waals surface area contributed by atoms with E-state index in [4.69, 9.17) is 0 Å². The molecule has 1 atom stereocenters. The molecule has 1 aliphatic rings. The van der Waals surface area contributed by atoms with Crippen molar-refractivity contribution in [2.75, 3.05) is 5.75 Å². The number of rotatable bonds is 3. The lowest BCUT2D eigenvalue weighted by molar-refractivity contribution is -0.384. The van der Waals surface area contributed by atoms with Gasteiger partial charge in [0.05, 0.1) is 11.0 Å². The van der Waals surface area contributed by atoms with Crippen molar-refractivity contribution in [2.24, 2.45) is 0 Å². The summed E-state index contributed by atoms with van der Waals surface area (Å²) in [6, 6.07) is 9.73. The fourth-order valence-corrected chi connectivity index (χ4v) is 3.60. The first-order valence-corrected chi connectivity index (χ1v) is 8.01. The van der Waals surface area contributed by atoms with E-state index in [-0.39, 0.29) is 23.5 Å². The minimum atomic E-state index is -0.515. The van der Waals surface area contributed by atoms with Gasteiger partial charge in [0.15, 0.2) is 0 Å². The van der Waals surface area contributed by atoms with E-state index in [1.165, 1.54) is 36.4 Å². The minimum absolute atomic E-state index is 0.0666.